The van der Waals surface area contributed by atoms with E-state index in [0.717, 1.165) is 0 Å². The predicted octanol–water partition coefficient (Wildman–Crippen LogP) is 0.00840. The molecule has 0 aliphatic carbocycles. The van der Waals surface area contributed by atoms with Gasteiger partial charge in [0.2, 0.25) is 10.9 Å². The number of nitrogens with two attached hydrogens (primary N) is 1. The van der Waals surface area contributed by atoms with E-state index in [4.69, 9.17) is 5.73 Å². The first kappa shape index (κ1) is 11.9. The van der Waals surface area contributed by atoms with Gasteiger partial charge >= 0.3 is 0 Å². The minimum absolute atomic E-state index is 0.359. The van der Waals surface area contributed by atoms with Crippen molar-refractivity contribution in [3.63, 3.8) is 0 Å². The van der Waals surface area contributed by atoms with Gasteiger partial charge in [0.15, 0.2) is 0 Å². The lowest BCUT2D eigenvalue weighted by Gasteiger charge is -2.30. The fourth-order valence-electron chi connectivity index (χ4n) is 1.43. The number of thiol groups is 1. The van der Waals surface area contributed by atoms with Gasteiger partial charge in [0, 0.05) is 11.1 Å². The van der Waals surface area contributed by atoms with Crippen molar-refractivity contribution in [2.75, 3.05) is 0 Å². The fraction of sp³-hybridized carbons (Fsp3) is 1.00. The molecule has 0 atom stereocenters. The van der Waals surface area contributed by atoms with Crippen LogP contribution in [-0.4, -0.2) is 19.5 Å². The number of nitrogens with one attached hydrogen (secondary N) is 1. The minimum Gasteiger partial charge on any atom is -0.325 e. The Kier molecular flexibility index (Phi) is 3.68. The molecular formula is C7H18N2O2S. The lowest BCUT2D eigenvalue weighted by atomic mass is 9.89. The highest BCUT2D eigenvalue weighted by atomic mass is 32.2. The standard InChI is InChI=1S/C7H18N2O2S/c1-6(2,8)5-7(3,4)9-12(10)11/h12H,5,8H2,1-4H3,(H,9,10,11). The predicted molar refractivity (Wildman–Crippen MR) is 50.4 cm³/mol. The Hall–Kier alpha value is -0.130. The van der Waals surface area contributed by atoms with E-state index in [1.807, 2.05) is 27.7 Å². The van der Waals surface area contributed by atoms with Gasteiger partial charge in [-0.25, -0.2) is 13.1 Å². The lowest BCUT2D eigenvalue weighted by Crippen LogP contribution is -2.47. The third-order valence-electron chi connectivity index (χ3n) is 1.29. The first-order chi connectivity index (χ1) is 5.12. The van der Waals surface area contributed by atoms with Gasteiger partial charge in [-0.05, 0) is 34.1 Å². The monoisotopic (exact) mass is 194 g/mol. The van der Waals surface area contributed by atoms with Crippen molar-refractivity contribution in [2.45, 2.75) is 45.2 Å². The lowest BCUT2D eigenvalue weighted by molar-refractivity contribution is 0.329. The van der Waals surface area contributed by atoms with Gasteiger partial charge in [0.05, 0.1) is 0 Å². The van der Waals surface area contributed by atoms with Gasteiger partial charge in [-0.1, -0.05) is 0 Å². The molecule has 4 nitrogen and oxygen atoms in total. The zero-order valence-electron chi connectivity index (χ0n) is 8.05. The molecule has 0 saturated carbocycles. The zero-order chi connectivity index (χ0) is 9.99. The van der Waals surface area contributed by atoms with E-state index < -0.39 is 16.4 Å². The maximum atomic E-state index is 10.4. The maximum Gasteiger partial charge on any atom is 0.201 e. The van der Waals surface area contributed by atoms with Crippen molar-refractivity contribution in [2.24, 2.45) is 5.73 Å². The molecule has 0 rings (SSSR count). The second kappa shape index (κ2) is 3.72. The highest BCUT2D eigenvalue weighted by Crippen LogP contribution is 2.16. The van der Waals surface area contributed by atoms with Crippen molar-refractivity contribution in [3.05, 3.63) is 0 Å². The van der Waals surface area contributed by atoms with Crippen molar-refractivity contribution >= 4 is 10.9 Å². The van der Waals surface area contributed by atoms with Crippen LogP contribution in [-0.2, 0) is 10.9 Å². The smallest absolute Gasteiger partial charge is 0.201 e. The largest absolute Gasteiger partial charge is 0.325 e. The van der Waals surface area contributed by atoms with E-state index in [1.54, 1.807) is 0 Å². The van der Waals surface area contributed by atoms with Crippen LogP contribution in [0, 0.1) is 0 Å². The summed E-state index contributed by atoms with van der Waals surface area (Å²) in [6.07, 6.45) is 0.601. The van der Waals surface area contributed by atoms with Gasteiger partial charge in [0.1, 0.15) is 0 Å². The van der Waals surface area contributed by atoms with Gasteiger partial charge in [-0.15, -0.1) is 0 Å². The number of rotatable bonds is 4. The Bertz CT molecular complexity index is 208. The van der Waals surface area contributed by atoms with Crippen LogP contribution in [0.15, 0.2) is 0 Å². The Morgan fingerprint density at radius 3 is 1.92 bits per heavy atom. The summed E-state index contributed by atoms with van der Waals surface area (Å²) in [4.78, 5) is 0. The molecule has 0 saturated heterocycles. The van der Waals surface area contributed by atoms with E-state index in [1.165, 1.54) is 0 Å². The summed E-state index contributed by atoms with van der Waals surface area (Å²) < 4.78 is 23.2. The molecule has 0 aromatic heterocycles. The summed E-state index contributed by atoms with van der Waals surface area (Å²) in [5.74, 6) is 0. The first-order valence-electron chi connectivity index (χ1n) is 3.83. The van der Waals surface area contributed by atoms with Gasteiger partial charge < -0.3 is 5.73 Å². The van der Waals surface area contributed by atoms with Crippen LogP contribution in [0.25, 0.3) is 0 Å². The molecule has 0 aliphatic rings. The third kappa shape index (κ3) is 6.57. The highest BCUT2D eigenvalue weighted by molar-refractivity contribution is 7.70. The second-order valence-electron chi connectivity index (χ2n) is 4.42. The van der Waals surface area contributed by atoms with Gasteiger partial charge in [0.25, 0.3) is 0 Å². The molecule has 3 N–H and O–H groups in total. The average molecular weight is 194 g/mol. The molecular weight excluding hydrogens is 176 g/mol. The molecule has 0 spiro atoms. The maximum absolute atomic E-state index is 10.4. The van der Waals surface area contributed by atoms with Crippen LogP contribution in [0.4, 0.5) is 0 Å². The molecule has 0 amide bonds. The summed E-state index contributed by atoms with van der Waals surface area (Å²) in [6, 6.07) is 0. The van der Waals surface area contributed by atoms with Crippen LogP contribution in [0.1, 0.15) is 34.1 Å². The summed E-state index contributed by atoms with van der Waals surface area (Å²) in [5, 5.41) is 0. The first-order valence-corrected chi connectivity index (χ1v) is 5.01. The van der Waals surface area contributed by atoms with Crippen LogP contribution >= 0.6 is 0 Å². The zero-order valence-corrected chi connectivity index (χ0v) is 8.94. The Labute approximate surface area is 75.6 Å². The molecule has 12 heavy (non-hydrogen) atoms. The van der Waals surface area contributed by atoms with Crippen LogP contribution < -0.4 is 10.5 Å². The van der Waals surface area contributed by atoms with Crippen molar-refractivity contribution in [3.8, 4) is 0 Å². The summed E-state index contributed by atoms with van der Waals surface area (Å²) in [6.45, 7) is 7.36. The van der Waals surface area contributed by atoms with E-state index in [9.17, 15) is 8.42 Å². The quantitative estimate of drug-likeness (QED) is 0.552. The van der Waals surface area contributed by atoms with Crippen molar-refractivity contribution in [1.82, 2.24) is 4.72 Å². The highest BCUT2D eigenvalue weighted by Gasteiger charge is 2.25. The Morgan fingerprint density at radius 2 is 1.67 bits per heavy atom. The molecule has 0 bridgehead atoms. The molecule has 74 valence electrons. The normalized spacial score (nSPS) is 13.8. The van der Waals surface area contributed by atoms with E-state index in [0.29, 0.717) is 6.42 Å². The number of hydrogen-bond acceptors (Lipinski definition) is 3. The Morgan fingerprint density at radius 1 is 1.25 bits per heavy atom. The SMILES string of the molecule is CC(C)(N)CC(C)(C)N[SH](=O)=O. The molecule has 0 radical (unpaired) electrons. The summed E-state index contributed by atoms with van der Waals surface area (Å²) >= 11 is 0. The molecule has 0 heterocycles. The average Bonchev–Trinajstić information content (AvgIpc) is 1.48. The summed E-state index contributed by atoms with van der Waals surface area (Å²) in [7, 11) is -2.55. The molecule has 0 aromatic rings. The molecule has 0 unspecified atom stereocenters. The van der Waals surface area contributed by atoms with Crippen molar-refractivity contribution in [1.29, 1.82) is 0 Å². The fourth-order valence-corrected chi connectivity index (χ4v) is 2.00. The molecule has 0 aliphatic heterocycles. The van der Waals surface area contributed by atoms with E-state index >= 15 is 0 Å². The van der Waals surface area contributed by atoms with Gasteiger partial charge in [-0.3, -0.25) is 0 Å². The summed E-state index contributed by atoms with van der Waals surface area (Å²) in [5.41, 5.74) is 4.94. The molecule has 0 aromatic carbocycles. The van der Waals surface area contributed by atoms with Crippen LogP contribution in [0.5, 0.6) is 0 Å². The van der Waals surface area contributed by atoms with Crippen molar-refractivity contribution < 1.29 is 8.42 Å². The second-order valence-corrected chi connectivity index (χ2v) is 5.16. The van der Waals surface area contributed by atoms with E-state index in [2.05, 4.69) is 4.72 Å². The minimum atomic E-state index is -2.55. The Balaban J connectivity index is 4.22. The third-order valence-corrected chi connectivity index (χ3v) is 2.08. The van der Waals surface area contributed by atoms with Crippen LogP contribution in [0.3, 0.4) is 0 Å². The topological polar surface area (TPSA) is 72.2 Å². The number of hydrogen-bond donors (Lipinski definition) is 3. The van der Waals surface area contributed by atoms with E-state index in [-0.39, 0.29) is 5.54 Å². The van der Waals surface area contributed by atoms with Gasteiger partial charge in [-0.2, -0.15) is 0 Å². The molecule has 5 heteroatoms. The molecule has 0 fully saturated rings. The van der Waals surface area contributed by atoms with Crippen LogP contribution in [0.2, 0.25) is 0 Å².